The van der Waals surface area contributed by atoms with E-state index < -0.39 is 27.5 Å². The molecule has 2 aromatic carbocycles. The lowest BCUT2D eigenvalue weighted by molar-refractivity contribution is -0.138. The topological polar surface area (TPSA) is 116 Å². The van der Waals surface area contributed by atoms with Crippen molar-refractivity contribution in [2.45, 2.75) is 39.2 Å². The first-order valence-corrected chi connectivity index (χ1v) is 14.0. The van der Waals surface area contributed by atoms with Crippen LogP contribution in [0.1, 0.15) is 41.1 Å². The number of aliphatic carboxylic acids is 1. The zero-order chi connectivity index (χ0) is 26.7. The van der Waals surface area contributed by atoms with Gasteiger partial charge in [-0.3, -0.25) is 9.78 Å². The number of halogens is 1. The van der Waals surface area contributed by atoms with Gasteiger partial charge in [-0.1, -0.05) is 6.07 Å². The lowest BCUT2D eigenvalue weighted by Crippen LogP contribution is -2.08. The summed E-state index contributed by atoms with van der Waals surface area (Å²) in [5, 5.41) is 9.06. The number of carbonyl (C=O) groups is 1. The SMILES string of the molecule is Cc1cc(OCCCS(C)(=O)=O)cc(C)c1-c1ccc(F)c(COc2cnc([C@@H]3C[C@H]3C(=O)O)cn2)c1. The van der Waals surface area contributed by atoms with Crippen LogP contribution in [0, 0.1) is 25.6 Å². The van der Waals surface area contributed by atoms with Crippen LogP contribution in [0.5, 0.6) is 11.6 Å². The Bertz CT molecular complexity index is 1390. The van der Waals surface area contributed by atoms with E-state index in [0.29, 0.717) is 36.5 Å². The molecule has 37 heavy (non-hydrogen) atoms. The minimum absolute atomic E-state index is 0.0471. The van der Waals surface area contributed by atoms with Crippen LogP contribution in [0.4, 0.5) is 4.39 Å². The third kappa shape index (κ3) is 6.82. The molecule has 1 N–H and O–H groups in total. The highest BCUT2D eigenvalue weighted by molar-refractivity contribution is 7.90. The number of hydrogen-bond acceptors (Lipinski definition) is 7. The van der Waals surface area contributed by atoms with Gasteiger partial charge in [0.15, 0.2) is 0 Å². The molecule has 0 aliphatic heterocycles. The number of nitrogens with zero attached hydrogens (tertiary/aromatic N) is 2. The van der Waals surface area contributed by atoms with Gasteiger partial charge in [0.25, 0.3) is 0 Å². The molecule has 8 nitrogen and oxygen atoms in total. The van der Waals surface area contributed by atoms with Gasteiger partial charge in [-0.15, -0.1) is 0 Å². The van der Waals surface area contributed by atoms with Gasteiger partial charge in [0.2, 0.25) is 5.88 Å². The predicted octanol–water partition coefficient (Wildman–Crippen LogP) is 4.48. The van der Waals surface area contributed by atoms with Crippen LogP contribution in [0.2, 0.25) is 0 Å². The smallest absolute Gasteiger partial charge is 0.307 e. The van der Waals surface area contributed by atoms with Crippen molar-refractivity contribution in [1.82, 2.24) is 9.97 Å². The number of rotatable bonds is 11. The van der Waals surface area contributed by atoms with Gasteiger partial charge in [0, 0.05) is 17.7 Å². The summed E-state index contributed by atoms with van der Waals surface area (Å²) < 4.78 is 48.5. The summed E-state index contributed by atoms with van der Waals surface area (Å²) >= 11 is 0. The summed E-state index contributed by atoms with van der Waals surface area (Å²) in [5.74, 6) is -0.817. The molecular formula is C27H29FN2O6S. The highest BCUT2D eigenvalue weighted by atomic mass is 32.2. The van der Waals surface area contributed by atoms with Crippen molar-refractivity contribution < 1.29 is 32.2 Å². The number of benzene rings is 2. The van der Waals surface area contributed by atoms with Crippen molar-refractivity contribution in [2.75, 3.05) is 18.6 Å². The first kappa shape index (κ1) is 26.5. The Kier molecular flexibility index (Phi) is 7.77. The van der Waals surface area contributed by atoms with Crippen molar-refractivity contribution in [1.29, 1.82) is 0 Å². The fraction of sp³-hybridized carbons (Fsp3) is 0.370. The van der Waals surface area contributed by atoms with Gasteiger partial charge in [-0.05, 0) is 73.2 Å². The number of aromatic nitrogens is 2. The Labute approximate surface area is 215 Å². The molecule has 0 amide bonds. The summed E-state index contributed by atoms with van der Waals surface area (Å²) in [4.78, 5) is 19.5. The van der Waals surface area contributed by atoms with Crippen molar-refractivity contribution in [3.8, 4) is 22.8 Å². The minimum Gasteiger partial charge on any atom is -0.494 e. The van der Waals surface area contributed by atoms with Crippen molar-refractivity contribution in [3.05, 3.63) is 70.9 Å². The summed E-state index contributed by atoms with van der Waals surface area (Å²) in [6.45, 7) is 4.14. The second-order valence-corrected chi connectivity index (χ2v) is 11.7. The Balaban J connectivity index is 1.42. The maximum Gasteiger partial charge on any atom is 0.307 e. The third-order valence-corrected chi connectivity index (χ3v) is 7.31. The highest BCUT2D eigenvalue weighted by Crippen LogP contribution is 2.46. The highest BCUT2D eigenvalue weighted by Gasteiger charge is 2.45. The molecule has 0 unspecified atom stereocenters. The molecule has 10 heteroatoms. The Morgan fingerprint density at radius 1 is 1.11 bits per heavy atom. The Morgan fingerprint density at radius 2 is 1.84 bits per heavy atom. The molecule has 0 saturated heterocycles. The molecule has 1 fully saturated rings. The average Bonchev–Trinajstić information content (AvgIpc) is 3.63. The van der Waals surface area contributed by atoms with Gasteiger partial charge in [0.05, 0.1) is 36.4 Å². The molecule has 1 aromatic heterocycles. The van der Waals surface area contributed by atoms with Gasteiger partial charge >= 0.3 is 5.97 Å². The van der Waals surface area contributed by atoms with Crippen LogP contribution in [0.25, 0.3) is 11.1 Å². The Hall–Kier alpha value is -3.53. The second kappa shape index (κ2) is 10.8. The zero-order valence-electron chi connectivity index (χ0n) is 20.9. The number of carboxylic acids is 1. The molecule has 196 valence electrons. The molecular weight excluding hydrogens is 499 g/mol. The molecule has 2 atom stereocenters. The summed E-state index contributed by atoms with van der Waals surface area (Å²) in [7, 11) is -3.02. The third-order valence-electron chi connectivity index (χ3n) is 6.28. The van der Waals surface area contributed by atoms with Crippen LogP contribution in [-0.2, 0) is 21.2 Å². The maximum atomic E-state index is 14.6. The summed E-state index contributed by atoms with van der Waals surface area (Å²) in [5.41, 5.74) is 4.63. The van der Waals surface area contributed by atoms with Crippen LogP contribution >= 0.6 is 0 Å². The van der Waals surface area contributed by atoms with E-state index in [9.17, 15) is 17.6 Å². The molecule has 3 aromatic rings. The zero-order valence-corrected chi connectivity index (χ0v) is 21.7. The summed E-state index contributed by atoms with van der Waals surface area (Å²) in [6.07, 6.45) is 5.10. The number of ether oxygens (including phenoxy) is 2. The van der Waals surface area contributed by atoms with Gasteiger partial charge < -0.3 is 14.6 Å². The number of sulfone groups is 1. The molecule has 0 radical (unpaired) electrons. The van der Waals surface area contributed by atoms with Crippen molar-refractivity contribution in [3.63, 3.8) is 0 Å². The molecule has 1 heterocycles. The lowest BCUT2D eigenvalue weighted by atomic mass is 9.94. The van der Waals surface area contributed by atoms with E-state index in [1.807, 2.05) is 26.0 Å². The molecule has 1 aliphatic carbocycles. The first-order chi connectivity index (χ1) is 17.5. The average molecular weight is 529 g/mol. The van der Waals surface area contributed by atoms with Gasteiger partial charge in [-0.2, -0.15) is 0 Å². The van der Waals surface area contributed by atoms with E-state index in [0.717, 1.165) is 22.3 Å². The van der Waals surface area contributed by atoms with Crippen molar-refractivity contribution in [2.24, 2.45) is 5.92 Å². The number of aryl methyl sites for hydroxylation is 2. The van der Waals surface area contributed by atoms with E-state index in [4.69, 9.17) is 14.6 Å². The standard InChI is InChI=1S/C27H29FN2O6S/c1-16-9-20(35-7-4-8-37(3,33)34)10-17(2)26(16)18-5-6-23(28)19(11-18)15-36-25-14-29-24(13-30-25)21-12-22(21)27(31)32/h5-6,9-11,13-14,21-22H,4,7-8,12,15H2,1-3H3,(H,31,32)/t21-,22-/m1/s1. The lowest BCUT2D eigenvalue weighted by Gasteiger charge is -2.15. The molecule has 0 bridgehead atoms. The normalized spacial score (nSPS) is 16.9. The maximum absolute atomic E-state index is 14.6. The van der Waals surface area contributed by atoms with Crippen molar-refractivity contribution >= 4 is 15.8 Å². The van der Waals surface area contributed by atoms with Crippen LogP contribution in [-0.4, -0.2) is 48.1 Å². The Morgan fingerprint density at radius 3 is 2.43 bits per heavy atom. The number of hydrogen-bond donors (Lipinski definition) is 1. The fourth-order valence-electron chi connectivity index (χ4n) is 4.35. The van der Waals surface area contributed by atoms with Gasteiger partial charge in [-0.25, -0.2) is 17.8 Å². The molecule has 4 rings (SSSR count). The fourth-order valence-corrected chi connectivity index (χ4v) is 5.00. The van der Waals surface area contributed by atoms with Gasteiger partial charge in [0.1, 0.15) is 28.0 Å². The van der Waals surface area contributed by atoms with Crippen LogP contribution in [0.15, 0.2) is 42.7 Å². The minimum atomic E-state index is -3.02. The van der Waals surface area contributed by atoms with E-state index in [2.05, 4.69) is 9.97 Å². The van der Waals surface area contributed by atoms with E-state index in [-0.39, 0.29) is 24.2 Å². The molecule has 0 spiro atoms. The predicted molar refractivity (Wildman–Crippen MR) is 136 cm³/mol. The first-order valence-electron chi connectivity index (χ1n) is 11.9. The van der Waals surface area contributed by atoms with E-state index in [1.165, 1.54) is 24.7 Å². The monoisotopic (exact) mass is 528 g/mol. The van der Waals surface area contributed by atoms with Crippen LogP contribution < -0.4 is 9.47 Å². The second-order valence-electron chi connectivity index (χ2n) is 9.43. The molecule has 1 saturated carbocycles. The quantitative estimate of drug-likeness (QED) is 0.362. The molecule has 1 aliphatic rings. The summed E-state index contributed by atoms with van der Waals surface area (Å²) in [6, 6.07) is 8.61. The van der Waals surface area contributed by atoms with Crippen LogP contribution in [0.3, 0.4) is 0 Å². The van der Waals surface area contributed by atoms with E-state index >= 15 is 0 Å². The number of carboxylic acid groups (broad SMARTS) is 1. The largest absolute Gasteiger partial charge is 0.494 e. The van der Waals surface area contributed by atoms with E-state index in [1.54, 1.807) is 12.1 Å².